The van der Waals surface area contributed by atoms with E-state index in [1.165, 1.54) is 0 Å². The fraction of sp³-hybridized carbons (Fsp3) is 0.429. The van der Waals surface area contributed by atoms with Gasteiger partial charge in [-0.1, -0.05) is 46.3 Å². The van der Waals surface area contributed by atoms with Crippen LogP contribution in [0.5, 0.6) is 0 Å². The second-order valence-corrected chi connectivity index (χ2v) is 6.00. The van der Waals surface area contributed by atoms with Crippen LogP contribution >= 0.6 is 15.9 Å². The van der Waals surface area contributed by atoms with E-state index in [4.69, 9.17) is 20.4 Å². The van der Waals surface area contributed by atoms with Crippen molar-refractivity contribution in [2.75, 3.05) is 0 Å². The number of aliphatic carboxylic acids is 1. The number of carboxylic acid groups (broad SMARTS) is 1. The maximum Gasteiger partial charge on any atom is 0.435 e. The van der Waals surface area contributed by atoms with Crippen LogP contribution in [0.2, 0.25) is 0 Å². The summed E-state index contributed by atoms with van der Waals surface area (Å²) < 4.78 is 5.17. The Morgan fingerprint density at radius 2 is 2.14 bits per heavy atom. The molecule has 120 valence electrons. The molecule has 1 saturated heterocycles. The van der Waals surface area contributed by atoms with Gasteiger partial charge < -0.3 is 15.6 Å². The van der Waals surface area contributed by atoms with Crippen molar-refractivity contribution in [2.45, 2.75) is 36.5 Å². The number of halogens is 1. The fourth-order valence-electron chi connectivity index (χ4n) is 2.05. The molecular weight excluding hydrogens is 356 g/mol. The lowest BCUT2D eigenvalue weighted by molar-refractivity contribution is -0.145. The Labute approximate surface area is 136 Å². The number of rotatable bonds is 5. The minimum absolute atomic E-state index is 0.125. The smallest absolute Gasteiger partial charge is 0.435 e. The Bertz CT molecular complexity index is 527. The minimum atomic E-state index is -1.10. The highest BCUT2D eigenvalue weighted by Gasteiger charge is 2.37. The predicted octanol–water partition coefficient (Wildman–Crippen LogP) is 1.85. The number of carbonyl (C=O) groups excluding carboxylic acids is 1. The molecule has 3 atom stereocenters. The first-order valence-corrected chi connectivity index (χ1v) is 7.68. The topological polar surface area (TPSA) is 102 Å². The summed E-state index contributed by atoms with van der Waals surface area (Å²) >= 11 is 3.31. The van der Waals surface area contributed by atoms with Gasteiger partial charge in [-0.15, -0.1) is 0 Å². The number of hydrogen-bond donors (Lipinski definition) is 2. The van der Waals surface area contributed by atoms with E-state index < -0.39 is 24.2 Å². The summed E-state index contributed by atoms with van der Waals surface area (Å²) in [5, 5.41) is 9.87. The average molecular weight is 373 g/mol. The van der Waals surface area contributed by atoms with Crippen molar-refractivity contribution in [3.8, 4) is 0 Å². The molecule has 1 aromatic carbocycles. The van der Waals surface area contributed by atoms with E-state index in [9.17, 15) is 9.59 Å². The normalized spacial score (nSPS) is 22.4. The van der Waals surface area contributed by atoms with Crippen molar-refractivity contribution in [1.29, 1.82) is 0 Å². The van der Waals surface area contributed by atoms with Crippen LogP contribution in [0.4, 0.5) is 4.79 Å². The molecule has 1 aliphatic heterocycles. The van der Waals surface area contributed by atoms with Crippen LogP contribution in [0.1, 0.15) is 18.4 Å². The third-order valence-electron chi connectivity index (χ3n) is 3.19. The summed E-state index contributed by atoms with van der Waals surface area (Å²) in [6.07, 6.45) is -0.502. The highest BCUT2D eigenvalue weighted by Crippen LogP contribution is 2.28. The van der Waals surface area contributed by atoms with Crippen molar-refractivity contribution in [1.82, 2.24) is 5.06 Å². The van der Waals surface area contributed by atoms with Gasteiger partial charge in [-0.05, 0) is 5.56 Å². The molecule has 0 aromatic heterocycles. The average Bonchev–Trinajstić information content (AvgIpc) is 2.86. The molecule has 0 spiro atoms. The molecule has 1 heterocycles. The number of benzene rings is 1. The molecule has 1 aromatic rings. The number of carboxylic acids is 1. The van der Waals surface area contributed by atoms with Gasteiger partial charge in [-0.2, -0.15) is 5.06 Å². The SMILES string of the molecule is N[C@@H](CC1CC(Br)N(C(=O)OCc2ccccc2)O1)C(=O)O. The molecule has 1 amide bonds. The van der Waals surface area contributed by atoms with E-state index in [-0.39, 0.29) is 18.0 Å². The van der Waals surface area contributed by atoms with Crippen molar-refractivity contribution in [3.63, 3.8) is 0 Å². The van der Waals surface area contributed by atoms with Gasteiger partial charge >= 0.3 is 12.1 Å². The summed E-state index contributed by atoms with van der Waals surface area (Å²) in [6.45, 7) is 0.137. The summed E-state index contributed by atoms with van der Waals surface area (Å²) in [5.74, 6) is -1.10. The molecule has 2 unspecified atom stereocenters. The number of nitrogens with two attached hydrogens (primary N) is 1. The minimum Gasteiger partial charge on any atom is -0.480 e. The van der Waals surface area contributed by atoms with Gasteiger partial charge in [0, 0.05) is 12.8 Å². The standard InChI is InChI=1S/C14H17BrN2O5/c15-12-7-10(6-11(16)13(18)19)22-17(12)14(20)21-8-9-4-2-1-3-5-9/h1-5,10-12H,6-8,16H2,(H,18,19)/t10?,11-,12?/m0/s1. The lowest BCUT2D eigenvalue weighted by Crippen LogP contribution is -2.35. The summed E-state index contributed by atoms with van der Waals surface area (Å²) in [4.78, 5) is 27.8. The molecule has 22 heavy (non-hydrogen) atoms. The maximum atomic E-state index is 12.0. The van der Waals surface area contributed by atoms with Crippen molar-refractivity contribution >= 4 is 28.0 Å². The van der Waals surface area contributed by atoms with Gasteiger partial charge in [0.15, 0.2) is 0 Å². The van der Waals surface area contributed by atoms with Crippen LogP contribution in [0, 0.1) is 0 Å². The third kappa shape index (κ3) is 4.43. The van der Waals surface area contributed by atoms with Crippen LogP contribution < -0.4 is 5.73 Å². The molecule has 8 heteroatoms. The number of ether oxygens (including phenoxy) is 1. The molecule has 1 aliphatic rings. The fourth-order valence-corrected chi connectivity index (χ4v) is 2.73. The zero-order chi connectivity index (χ0) is 16.1. The molecule has 0 aliphatic carbocycles. The number of nitrogens with zero attached hydrogens (tertiary/aromatic N) is 1. The Hall–Kier alpha value is -1.64. The quantitative estimate of drug-likeness (QED) is 0.603. The molecule has 2 rings (SSSR count). The second kappa shape index (κ2) is 7.57. The maximum absolute atomic E-state index is 12.0. The Kier molecular flexibility index (Phi) is 5.76. The van der Waals surface area contributed by atoms with Crippen LogP contribution in [-0.2, 0) is 21.0 Å². The highest BCUT2D eigenvalue weighted by atomic mass is 79.9. The zero-order valence-electron chi connectivity index (χ0n) is 11.7. The second-order valence-electron chi connectivity index (χ2n) is 4.94. The number of alkyl halides is 1. The molecule has 0 radical (unpaired) electrons. The van der Waals surface area contributed by atoms with Crippen molar-refractivity contribution < 1.29 is 24.3 Å². The van der Waals surface area contributed by atoms with Crippen LogP contribution in [0.25, 0.3) is 0 Å². The van der Waals surface area contributed by atoms with E-state index in [2.05, 4.69) is 15.9 Å². The van der Waals surface area contributed by atoms with E-state index in [1.54, 1.807) is 0 Å². The lowest BCUT2D eigenvalue weighted by atomic mass is 10.1. The Balaban J connectivity index is 1.84. The van der Waals surface area contributed by atoms with Crippen LogP contribution in [0.15, 0.2) is 30.3 Å². The van der Waals surface area contributed by atoms with Gasteiger partial charge in [0.1, 0.15) is 17.6 Å². The van der Waals surface area contributed by atoms with Gasteiger partial charge in [-0.3, -0.25) is 9.63 Å². The van der Waals surface area contributed by atoms with Crippen molar-refractivity contribution in [3.05, 3.63) is 35.9 Å². The molecule has 3 N–H and O–H groups in total. The Morgan fingerprint density at radius 1 is 1.45 bits per heavy atom. The first-order chi connectivity index (χ1) is 10.5. The Morgan fingerprint density at radius 3 is 2.77 bits per heavy atom. The third-order valence-corrected chi connectivity index (χ3v) is 3.94. The summed E-state index contributed by atoms with van der Waals surface area (Å²) in [5.41, 5.74) is 6.33. The lowest BCUT2D eigenvalue weighted by Gasteiger charge is -2.19. The molecule has 0 saturated carbocycles. The van der Waals surface area contributed by atoms with Crippen LogP contribution in [0.3, 0.4) is 0 Å². The van der Waals surface area contributed by atoms with Gasteiger partial charge in [0.2, 0.25) is 0 Å². The summed E-state index contributed by atoms with van der Waals surface area (Å²) in [6, 6.07) is 8.25. The van der Waals surface area contributed by atoms with Crippen LogP contribution in [-0.4, -0.2) is 39.3 Å². The molecule has 1 fully saturated rings. The van der Waals surface area contributed by atoms with Crippen molar-refractivity contribution in [2.24, 2.45) is 5.73 Å². The monoisotopic (exact) mass is 372 g/mol. The molecular formula is C14H17BrN2O5. The highest BCUT2D eigenvalue weighted by molar-refractivity contribution is 9.09. The van der Waals surface area contributed by atoms with E-state index >= 15 is 0 Å². The van der Waals surface area contributed by atoms with Gasteiger partial charge in [0.25, 0.3) is 0 Å². The van der Waals surface area contributed by atoms with Gasteiger partial charge in [-0.25, -0.2) is 4.79 Å². The molecule has 0 bridgehead atoms. The number of amides is 1. The first-order valence-electron chi connectivity index (χ1n) is 6.76. The van der Waals surface area contributed by atoms with Gasteiger partial charge in [0.05, 0.1) is 6.10 Å². The van der Waals surface area contributed by atoms with E-state index in [1.807, 2.05) is 30.3 Å². The number of hydroxylamine groups is 2. The largest absolute Gasteiger partial charge is 0.480 e. The predicted molar refractivity (Wildman–Crippen MR) is 80.9 cm³/mol. The first kappa shape index (κ1) is 16.7. The summed E-state index contributed by atoms with van der Waals surface area (Å²) in [7, 11) is 0. The van der Waals surface area contributed by atoms with E-state index in [0.717, 1.165) is 10.6 Å². The zero-order valence-corrected chi connectivity index (χ0v) is 13.3. The number of hydrogen-bond acceptors (Lipinski definition) is 5. The van der Waals surface area contributed by atoms with E-state index in [0.29, 0.717) is 6.42 Å². The number of carbonyl (C=O) groups is 2. The molecule has 7 nitrogen and oxygen atoms in total.